The molecule has 0 radical (unpaired) electrons. The summed E-state index contributed by atoms with van der Waals surface area (Å²) in [7, 11) is 0. The van der Waals surface area contributed by atoms with E-state index in [1.165, 1.54) is 37.6 Å². The largest absolute Gasteiger partial charge is 0.436 e. The summed E-state index contributed by atoms with van der Waals surface area (Å²) in [5, 5.41) is 5.46. The average molecular weight is 360 g/mol. The van der Waals surface area contributed by atoms with E-state index < -0.39 is 0 Å². The highest BCUT2D eigenvalue weighted by Gasteiger charge is 2.12. The van der Waals surface area contributed by atoms with E-state index in [0.29, 0.717) is 17.4 Å². The number of aromatic nitrogens is 2. The molecular formula is C22H24N4O. The fourth-order valence-electron chi connectivity index (χ4n) is 3.46. The van der Waals surface area contributed by atoms with Crippen LogP contribution in [0.15, 0.2) is 60.4 Å². The maximum atomic E-state index is 6.27. The molecule has 1 aliphatic carbocycles. The Hall–Kier alpha value is -3.08. The molecule has 3 aromatic rings. The highest BCUT2D eigenvalue weighted by atomic mass is 16.5. The third-order valence-electron chi connectivity index (χ3n) is 4.93. The third-order valence-corrected chi connectivity index (χ3v) is 4.93. The summed E-state index contributed by atoms with van der Waals surface area (Å²) in [5.74, 6) is 1.73. The number of fused-ring (bicyclic) bond motifs is 1. The molecule has 0 aliphatic heterocycles. The fraction of sp³-hybridized carbons (Fsp3) is 0.273. The second-order valence-electron chi connectivity index (χ2n) is 6.81. The SMILES string of the molecule is Nc1c(NCCC2=CCCCC2)ncnc1Oc1cccc2ccccc12. The molecule has 0 saturated carbocycles. The van der Waals surface area contributed by atoms with Crippen molar-refractivity contribution in [1.29, 1.82) is 0 Å². The van der Waals surface area contributed by atoms with E-state index in [0.717, 1.165) is 29.5 Å². The van der Waals surface area contributed by atoms with Crippen LogP contribution in [0, 0.1) is 0 Å². The first kappa shape index (κ1) is 17.3. The Bertz CT molecular complexity index is 962. The first-order valence-corrected chi connectivity index (χ1v) is 9.49. The van der Waals surface area contributed by atoms with Crippen molar-refractivity contribution in [1.82, 2.24) is 9.97 Å². The van der Waals surface area contributed by atoms with Gasteiger partial charge in [-0.25, -0.2) is 4.98 Å². The second-order valence-corrected chi connectivity index (χ2v) is 6.81. The monoisotopic (exact) mass is 360 g/mol. The highest BCUT2D eigenvalue weighted by Crippen LogP contribution is 2.33. The standard InChI is InChI=1S/C22H24N4O/c23-20-21(24-14-13-16-7-2-1-3-8-16)25-15-26-22(20)27-19-12-6-10-17-9-4-5-11-18(17)19/h4-7,9-12,15H,1-3,8,13-14,23H2,(H,24,25,26). The summed E-state index contributed by atoms with van der Waals surface area (Å²) in [6, 6.07) is 14.0. The number of hydrogen-bond acceptors (Lipinski definition) is 5. The summed E-state index contributed by atoms with van der Waals surface area (Å²) < 4.78 is 6.03. The van der Waals surface area contributed by atoms with Crippen LogP contribution in [0.2, 0.25) is 0 Å². The van der Waals surface area contributed by atoms with Crippen molar-refractivity contribution in [2.75, 3.05) is 17.6 Å². The zero-order valence-electron chi connectivity index (χ0n) is 15.3. The topological polar surface area (TPSA) is 73.1 Å². The number of anilines is 2. The van der Waals surface area contributed by atoms with Crippen molar-refractivity contribution in [3.8, 4) is 11.6 Å². The van der Waals surface area contributed by atoms with Crippen LogP contribution in [0.5, 0.6) is 11.6 Å². The predicted octanol–water partition coefficient (Wildman–Crippen LogP) is 5.31. The Morgan fingerprint density at radius 2 is 1.93 bits per heavy atom. The number of nitrogens with zero attached hydrogens (tertiary/aromatic N) is 2. The minimum atomic E-state index is 0.376. The van der Waals surface area contributed by atoms with Crippen LogP contribution in [0.3, 0.4) is 0 Å². The molecule has 3 N–H and O–H groups in total. The van der Waals surface area contributed by atoms with Crippen LogP contribution in [0.25, 0.3) is 10.8 Å². The van der Waals surface area contributed by atoms with Gasteiger partial charge in [0.25, 0.3) is 0 Å². The van der Waals surface area contributed by atoms with Crippen molar-refractivity contribution in [3.05, 3.63) is 60.4 Å². The zero-order chi connectivity index (χ0) is 18.5. The maximum absolute atomic E-state index is 6.27. The number of allylic oxidation sites excluding steroid dienone is 1. The van der Waals surface area contributed by atoms with Crippen molar-refractivity contribution in [3.63, 3.8) is 0 Å². The number of ether oxygens (including phenoxy) is 1. The van der Waals surface area contributed by atoms with Crippen LogP contribution < -0.4 is 15.8 Å². The van der Waals surface area contributed by atoms with Gasteiger partial charge in [0.05, 0.1) is 0 Å². The maximum Gasteiger partial charge on any atom is 0.248 e. The first-order chi connectivity index (χ1) is 13.3. The lowest BCUT2D eigenvalue weighted by Gasteiger charge is -2.15. The minimum absolute atomic E-state index is 0.376. The minimum Gasteiger partial charge on any atom is -0.436 e. The van der Waals surface area contributed by atoms with Crippen molar-refractivity contribution in [2.24, 2.45) is 0 Å². The number of hydrogen-bond donors (Lipinski definition) is 2. The molecule has 4 rings (SSSR count). The molecule has 138 valence electrons. The smallest absolute Gasteiger partial charge is 0.248 e. The number of benzene rings is 2. The van der Waals surface area contributed by atoms with E-state index in [9.17, 15) is 0 Å². The van der Waals surface area contributed by atoms with Crippen LogP contribution in [0.4, 0.5) is 11.5 Å². The van der Waals surface area contributed by atoms with E-state index in [2.05, 4.69) is 33.5 Å². The van der Waals surface area contributed by atoms with E-state index in [4.69, 9.17) is 10.5 Å². The van der Waals surface area contributed by atoms with E-state index >= 15 is 0 Å². The molecular weight excluding hydrogens is 336 g/mol. The average Bonchev–Trinajstić information content (AvgIpc) is 2.72. The van der Waals surface area contributed by atoms with Gasteiger partial charge < -0.3 is 15.8 Å². The van der Waals surface area contributed by atoms with Crippen molar-refractivity contribution in [2.45, 2.75) is 32.1 Å². The molecule has 1 aromatic heterocycles. The number of nitrogens with two attached hydrogens (primary N) is 1. The van der Waals surface area contributed by atoms with E-state index in [1.807, 2.05) is 30.3 Å². The Morgan fingerprint density at radius 1 is 1.04 bits per heavy atom. The zero-order valence-corrected chi connectivity index (χ0v) is 15.3. The Balaban J connectivity index is 1.49. The lowest BCUT2D eigenvalue weighted by molar-refractivity contribution is 0.470. The van der Waals surface area contributed by atoms with Gasteiger partial charge in [-0.3, -0.25) is 0 Å². The van der Waals surface area contributed by atoms with Gasteiger partial charge in [0.1, 0.15) is 17.8 Å². The van der Waals surface area contributed by atoms with E-state index in [1.54, 1.807) is 0 Å². The molecule has 0 atom stereocenters. The van der Waals surface area contributed by atoms with Crippen LogP contribution >= 0.6 is 0 Å². The van der Waals surface area contributed by atoms with Crippen LogP contribution in [-0.4, -0.2) is 16.5 Å². The molecule has 0 unspecified atom stereocenters. The van der Waals surface area contributed by atoms with Crippen LogP contribution in [0.1, 0.15) is 32.1 Å². The summed E-state index contributed by atoms with van der Waals surface area (Å²) in [5.41, 5.74) is 8.22. The summed E-state index contributed by atoms with van der Waals surface area (Å²) in [6.07, 6.45) is 9.88. The Morgan fingerprint density at radius 3 is 2.81 bits per heavy atom. The van der Waals surface area contributed by atoms with Gasteiger partial charge in [-0.2, -0.15) is 4.98 Å². The molecule has 5 nitrogen and oxygen atoms in total. The lowest BCUT2D eigenvalue weighted by Crippen LogP contribution is -2.09. The summed E-state index contributed by atoms with van der Waals surface area (Å²) in [6.45, 7) is 0.806. The van der Waals surface area contributed by atoms with Gasteiger partial charge >= 0.3 is 0 Å². The highest BCUT2D eigenvalue weighted by molar-refractivity contribution is 5.88. The molecule has 2 aromatic carbocycles. The molecule has 1 aliphatic rings. The van der Waals surface area contributed by atoms with Gasteiger partial charge in [-0.1, -0.05) is 48.0 Å². The predicted molar refractivity (Wildman–Crippen MR) is 110 cm³/mol. The third kappa shape index (κ3) is 4.03. The Kier molecular flexibility index (Phi) is 5.19. The van der Waals surface area contributed by atoms with E-state index in [-0.39, 0.29) is 0 Å². The van der Waals surface area contributed by atoms with Crippen molar-refractivity contribution < 1.29 is 4.74 Å². The molecule has 27 heavy (non-hydrogen) atoms. The first-order valence-electron chi connectivity index (χ1n) is 9.49. The lowest BCUT2D eigenvalue weighted by atomic mass is 9.97. The molecule has 5 heteroatoms. The molecule has 0 amide bonds. The fourth-order valence-corrected chi connectivity index (χ4v) is 3.46. The van der Waals surface area contributed by atoms with Crippen molar-refractivity contribution >= 4 is 22.3 Å². The van der Waals surface area contributed by atoms with Gasteiger partial charge in [0, 0.05) is 11.9 Å². The van der Waals surface area contributed by atoms with Gasteiger partial charge in [-0.15, -0.1) is 0 Å². The molecule has 0 fully saturated rings. The van der Waals surface area contributed by atoms with Gasteiger partial charge in [-0.05, 0) is 43.6 Å². The number of rotatable bonds is 6. The summed E-state index contributed by atoms with van der Waals surface area (Å²) in [4.78, 5) is 8.51. The summed E-state index contributed by atoms with van der Waals surface area (Å²) >= 11 is 0. The Labute approximate surface area is 159 Å². The number of nitrogen functional groups attached to an aromatic ring is 1. The molecule has 0 bridgehead atoms. The molecule has 0 spiro atoms. The number of nitrogens with one attached hydrogen (secondary N) is 1. The van der Waals surface area contributed by atoms with Gasteiger partial charge in [0.15, 0.2) is 5.82 Å². The normalized spacial score (nSPS) is 14.0. The second kappa shape index (κ2) is 8.08. The van der Waals surface area contributed by atoms with Gasteiger partial charge in [0.2, 0.25) is 5.88 Å². The quantitative estimate of drug-likeness (QED) is 0.583. The van der Waals surface area contributed by atoms with Crippen LogP contribution in [-0.2, 0) is 0 Å². The molecule has 1 heterocycles. The molecule has 0 saturated heterocycles.